The fourth-order valence-electron chi connectivity index (χ4n) is 3.94. The van der Waals surface area contributed by atoms with Gasteiger partial charge in [-0.3, -0.25) is 0 Å². The van der Waals surface area contributed by atoms with E-state index in [2.05, 4.69) is 105 Å². The molecule has 0 aliphatic carbocycles. The molecule has 146 valence electrons. The second-order valence-electron chi connectivity index (χ2n) is 7.56. The molecule has 0 amide bonds. The van der Waals surface area contributed by atoms with Crippen LogP contribution in [0.2, 0.25) is 0 Å². The van der Waals surface area contributed by atoms with E-state index in [1.54, 1.807) is 0 Å². The molecule has 1 nitrogen and oxygen atoms in total. The Balaban J connectivity index is 2.04. The molecule has 0 saturated heterocycles. The normalized spacial score (nSPS) is 12.6. The zero-order chi connectivity index (χ0) is 19.7. The van der Waals surface area contributed by atoms with Crippen LogP contribution in [0.15, 0.2) is 91.0 Å². The summed E-state index contributed by atoms with van der Waals surface area (Å²) in [4.78, 5) is 0. The van der Waals surface area contributed by atoms with Crippen LogP contribution in [0.1, 0.15) is 62.6 Å². The van der Waals surface area contributed by atoms with Crippen LogP contribution in [-0.2, 0) is 10.3 Å². The van der Waals surface area contributed by atoms with E-state index in [9.17, 15) is 0 Å². The van der Waals surface area contributed by atoms with E-state index in [0.29, 0.717) is 0 Å². The van der Waals surface area contributed by atoms with Crippen molar-refractivity contribution in [3.05, 3.63) is 108 Å². The molecule has 3 rings (SSSR count). The quantitative estimate of drug-likeness (QED) is 0.267. The molecule has 0 aliphatic rings. The van der Waals surface area contributed by atoms with Crippen molar-refractivity contribution in [2.45, 2.75) is 57.7 Å². The third-order valence-electron chi connectivity index (χ3n) is 5.38. The highest BCUT2D eigenvalue weighted by molar-refractivity contribution is 5.47. The molecule has 0 aliphatic heterocycles. The van der Waals surface area contributed by atoms with Gasteiger partial charge in [0.25, 0.3) is 0 Å². The van der Waals surface area contributed by atoms with Crippen LogP contribution >= 0.6 is 0 Å². The standard InChI is InChI=1S/C27H32O/c1-3-4-5-9-16-23(2)28-27(24-17-10-6-11-18-24,25-19-12-7-13-20-25)26-21-14-8-15-22-26/h6-8,10-15,17-23H,3-5,9,16H2,1-2H3/t23-/m0/s1. The van der Waals surface area contributed by atoms with Gasteiger partial charge in [-0.15, -0.1) is 0 Å². The minimum atomic E-state index is -0.603. The van der Waals surface area contributed by atoms with Gasteiger partial charge in [-0.2, -0.15) is 0 Å². The topological polar surface area (TPSA) is 9.23 Å². The van der Waals surface area contributed by atoms with Crippen LogP contribution in [0, 0.1) is 0 Å². The molecule has 0 N–H and O–H groups in total. The summed E-state index contributed by atoms with van der Waals surface area (Å²) in [6.45, 7) is 4.47. The van der Waals surface area contributed by atoms with Crippen molar-refractivity contribution in [2.24, 2.45) is 0 Å². The molecule has 0 unspecified atom stereocenters. The molecule has 1 heteroatoms. The zero-order valence-electron chi connectivity index (χ0n) is 17.2. The summed E-state index contributed by atoms with van der Waals surface area (Å²) < 4.78 is 6.98. The minimum Gasteiger partial charge on any atom is -0.358 e. The Morgan fingerprint density at radius 3 is 1.46 bits per heavy atom. The molecule has 0 saturated carbocycles. The monoisotopic (exact) mass is 372 g/mol. The first-order valence-electron chi connectivity index (χ1n) is 10.6. The van der Waals surface area contributed by atoms with E-state index in [1.807, 2.05) is 0 Å². The molecule has 0 fully saturated rings. The van der Waals surface area contributed by atoms with Crippen LogP contribution in [0.5, 0.6) is 0 Å². The van der Waals surface area contributed by atoms with Crippen molar-refractivity contribution in [3.8, 4) is 0 Å². The van der Waals surface area contributed by atoms with Gasteiger partial charge in [0.05, 0.1) is 6.10 Å². The number of benzene rings is 3. The molecule has 0 spiro atoms. The number of rotatable bonds is 10. The van der Waals surface area contributed by atoms with Gasteiger partial charge < -0.3 is 4.74 Å². The summed E-state index contributed by atoms with van der Waals surface area (Å²) in [7, 11) is 0. The third-order valence-corrected chi connectivity index (χ3v) is 5.38. The Bertz CT molecular complexity index is 699. The first-order chi connectivity index (χ1) is 13.8. The average molecular weight is 373 g/mol. The highest BCUT2D eigenvalue weighted by Crippen LogP contribution is 2.41. The molecule has 1 atom stereocenters. The highest BCUT2D eigenvalue weighted by atomic mass is 16.5. The van der Waals surface area contributed by atoms with Gasteiger partial charge in [0.15, 0.2) is 0 Å². The third kappa shape index (κ3) is 4.72. The fraction of sp³-hybridized carbons (Fsp3) is 0.333. The maximum Gasteiger partial charge on any atom is 0.144 e. The smallest absolute Gasteiger partial charge is 0.144 e. The van der Waals surface area contributed by atoms with Crippen molar-refractivity contribution in [3.63, 3.8) is 0 Å². The molecular formula is C27H32O. The van der Waals surface area contributed by atoms with Gasteiger partial charge in [0, 0.05) is 0 Å². The number of ether oxygens (including phenoxy) is 1. The molecule has 28 heavy (non-hydrogen) atoms. The first-order valence-corrected chi connectivity index (χ1v) is 10.6. The zero-order valence-corrected chi connectivity index (χ0v) is 17.2. The molecule has 0 radical (unpaired) electrons. The number of unbranched alkanes of at least 4 members (excludes halogenated alkanes) is 3. The van der Waals surface area contributed by atoms with Crippen LogP contribution in [0.4, 0.5) is 0 Å². The molecule has 0 aromatic heterocycles. The lowest BCUT2D eigenvalue weighted by Crippen LogP contribution is -2.36. The Labute approximate surface area is 170 Å². The van der Waals surface area contributed by atoms with Gasteiger partial charge in [-0.1, -0.05) is 124 Å². The lowest BCUT2D eigenvalue weighted by molar-refractivity contribution is -0.0427. The summed E-state index contributed by atoms with van der Waals surface area (Å²) in [5.41, 5.74) is 2.92. The largest absolute Gasteiger partial charge is 0.358 e. The van der Waals surface area contributed by atoms with E-state index >= 15 is 0 Å². The molecule has 3 aromatic carbocycles. The van der Waals surface area contributed by atoms with Gasteiger partial charge in [-0.25, -0.2) is 0 Å². The maximum absolute atomic E-state index is 6.98. The Kier molecular flexibility index (Phi) is 7.45. The molecular weight excluding hydrogens is 340 g/mol. The summed E-state index contributed by atoms with van der Waals surface area (Å²) in [5, 5.41) is 0. The van der Waals surface area contributed by atoms with E-state index in [-0.39, 0.29) is 6.10 Å². The van der Waals surface area contributed by atoms with Gasteiger partial charge in [-0.05, 0) is 30.0 Å². The second kappa shape index (κ2) is 10.2. The maximum atomic E-state index is 6.98. The molecule has 3 aromatic rings. The lowest BCUT2D eigenvalue weighted by Gasteiger charge is -2.38. The van der Waals surface area contributed by atoms with Crippen LogP contribution in [-0.4, -0.2) is 6.10 Å². The van der Waals surface area contributed by atoms with Crippen LogP contribution in [0.25, 0.3) is 0 Å². The first kappa shape index (κ1) is 20.4. The Morgan fingerprint density at radius 2 is 1.07 bits per heavy atom. The van der Waals surface area contributed by atoms with Crippen LogP contribution in [0.3, 0.4) is 0 Å². The number of hydrogen-bond donors (Lipinski definition) is 0. The van der Waals surface area contributed by atoms with Crippen molar-refractivity contribution in [2.75, 3.05) is 0 Å². The van der Waals surface area contributed by atoms with Gasteiger partial charge >= 0.3 is 0 Å². The van der Waals surface area contributed by atoms with Crippen molar-refractivity contribution < 1.29 is 4.74 Å². The summed E-state index contributed by atoms with van der Waals surface area (Å²) in [6, 6.07) is 31.9. The van der Waals surface area contributed by atoms with E-state index < -0.39 is 5.60 Å². The van der Waals surface area contributed by atoms with Crippen molar-refractivity contribution >= 4 is 0 Å². The van der Waals surface area contributed by atoms with E-state index in [0.717, 1.165) is 6.42 Å². The predicted molar refractivity (Wildman–Crippen MR) is 119 cm³/mol. The second-order valence-corrected chi connectivity index (χ2v) is 7.56. The fourth-order valence-corrected chi connectivity index (χ4v) is 3.94. The summed E-state index contributed by atoms with van der Waals surface area (Å²) >= 11 is 0. The van der Waals surface area contributed by atoms with E-state index in [1.165, 1.54) is 42.4 Å². The highest BCUT2D eigenvalue weighted by Gasteiger charge is 2.38. The molecule has 0 bridgehead atoms. The average Bonchev–Trinajstić information content (AvgIpc) is 2.77. The summed E-state index contributed by atoms with van der Waals surface area (Å²) in [6.07, 6.45) is 6.29. The predicted octanol–water partition coefficient (Wildman–Crippen LogP) is 7.35. The van der Waals surface area contributed by atoms with Crippen LogP contribution < -0.4 is 0 Å². The Hall–Kier alpha value is -2.38. The van der Waals surface area contributed by atoms with E-state index in [4.69, 9.17) is 4.74 Å². The van der Waals surface area contributed by atoms with Crippen molar-refractivity contribution in [1.82, 2.24) is 0 Å². The SMILES string of the molecule is CCCCCC[C@H](C)OC(c1ccccc1)(c1ccccc1)c1ccccc1. The lowest BCUT2D eigenvalue weighted by atomic mass is 9.80. The minimum absolute atomic E-state index is 0.164. The Morgan fingerprint density at radius 1 is 0.643 bits per heavy atom. The van der Waals surface area contributed by atoms with Gasteiger partial charge in [0.1, 0.15) is 5.60 Å². The number of hydrogen-bond acceptors (Lipinski definition) is 1. The van der Waals surface area contributed by atoms with Gasteiger partial charge in [0.2, 0.25) is 0 Å². The van der Waals surface area contributed by atoms with Crippen molar-refractivity contribution in [1.29, 1.82) is 0 Å². The molecule has 0 heterocycles. The summed E-state index contributed by atoms with van der Waals surface area (Å²) in [5.74, 6) is 0.